The molecule has 0 saturated carbocycles. The minimum Gasteiger partial charge on any atom is -0.466 e. The Kier molecular flexibility index (Phi) is 4.89. The highest BCUT2D eigenvalue weighted by Gasteiger charge is 2.34. The molecule has 0 N–H and O–H groups in total. The first kappa shape index (κ1) is 15.8. The van der Waals surface area contributed by atoms with E-state index in [4.69, 9.17) is 4.74 Å². The van der Waals surface area contributed by atoms with Crippen molar-refractivity contribution in [2.45, 2.75) is 24.7 Å². The molecule has 1 aromatic heterocycles. The second-order valence-electron chi connectivity index (χ2n) is 4.79. The zero-order chi connectivity index (χ0) is 15.5. The lowest BCUT2D eigenvalue weighted by Gasteiger charge is -2.30. The third kappa shape index (κ3) is 3.56. The smallest absolute Gasteiger partial charge is 0.310 e. The molecule has 1 atom stereocenters. The number of halogens is 1. The van der Waals surface area contributed by atoms with Gasteiger partial charge in [-0.3, -0.25) is 9.78 Å². The predicted octanol–water partition coefficient (Wildman–Crippen LogP) is 1.18. The van der Waals surface area contributed by atoms with Gasteiger partial charge in [0, 0.05) is 19.3 Å². The van der Waals surface area contributed by atoms with Crippen molar-refractivity contribution in [2.75, 3.05) is 19.7 Å². The standard InChI is InChI=1S/C13H17FN2O4S/c1-2-20-13(17)10-4-3-5-16(9-10)21(18,19)12-6-11(14)7-15-8-12/h6-8,10H,2-5,9H2,1H3. The first-order valence-corrected chi connectivity index (χ1v) is 8.16. The van der Waals surface area contributed by atoms with E-state index >= 15 is 0 Å². The van der Waals surface area contributed by atoms with E-state index in [0.717, 1.165) is 18.5 Å². The number of nitrogens with zero attached hydrogens (tertiary/aromatic N) is 2. The lowest BCUT2D eigenvalue weighted by atomic mass is 10.0. The largest absolute Gasteiger partial charge is 0.466 e. The van der Waals surface area contributed by atoms with E-state index in [1.165, 1.54) is 4.31 Å². The molecule has 116 valence electrons. The molecule has 0 bridgehead atoms. The molecule has 2 rings (SSSR count). The fourth-order valence-electron chi connectivity index (χ4n) is 2.30. The van der Waals surface area contributed by atoms with E-state index < -0.39 is 27.7 Å². The molecule has 1 saturated heterocycles. The summed E-state index contributed by atoms with van der Waals surface area (Å²) in [6, 6.07) is 0.927. The van der Waals surface area contributed by atoms with Gasteiger partial charge < -0.3 is 4.74 Å². The zero-order valence-corrected chi connectivity index (χ0v) is 12.5. The average Bonchev–Trinajstić information content (AvgIpc) is 2.47. The SMILES string of the molecule is CCOC(=O)C1CCCN(S(=O)(=O)c2cncc(F)c2)C1. The minimum absolute atomic E-state index is 0.0533. The summed E-state index contributed by atoms with van der Waals surface area (Å²) in [5, 5.41) is 0. The second kappa shape index (κ2) is 6.48. The van der Waals surface area contributed by atoms with Gasteiger partial charge in [-0.05, 0) is 25.8 Å². The summed E-state index contributed by atoms with van der Waals surface area (Å²) in [6.07, 6.45) is 3.20. The average molecular weight is 316 g/mol. The van der Waals surface area contributed by atoms with Crippen molar-refractivity contribution in [1.82, 2.24) is 9.29 Å². The molecule has 0 radical (unpaired) electrons. The first-order chi connectivity index (χ1) is 9.95. The van der Waals surface area contributed by atoms with Gasteiger partial charge in [0.1, 0.15) is 10.7 Å². The van der Waals surface area contributed by atoms with Gasteiger partial charge in [0.2, 0.25) is 10.0 Å². The summed E-state index contributed by atoms with van der Waals surface area (Å²) in [6.45, 7) is 2.32. The number of carbonyl (C=O) groups is 1. The van der Waals surface area contributed by atoms with E-state index in [2.05, 4.69) is 4.98 Å². The molecular weight excluding hydrogens is 299 g/mol. The number of ether oxygens (including phenoxy) is 1. The van der Waals surface area contributed by atoms with E-state index in [9.17, 15) is 17.6 Å². The molecule has 0 aromatic carbocycles. The fourth-order valence-corrected chi connectivity index (χ4v) is 3.80. The molecule has 6 nitrogen and oxygen atoms in total. The van der Waals surface area contributed by atoms with Gasteiger partial charge in [-0.2, -0.15) is 4.31 Å². The van der Waals surface area contributed by atoms with Crippen LogP contribution < -0.4 is 0 Å². The third-order valence-electron chi connectivity index (χ3n) is 3.32. The van der Waals surface area contributed by atoms with Crippen LogP contribution in [0.5, 0.6) is 0 Å². The molecular formula is C13H17FN2O4S. The van der Waals surface area contributed by atoms with E-state index in [-0.39, 0.29) is 18.0 Å². The lowest BCUT2D eigenvalue weighted by Crippen LogP contribution is -2.42. The lowest BCUT2D eigenvalue weighted by molar-refractivity contribution is -0.149. The van der Waals surface area contributed by atoms with Gasteiger partial charge in [-0.1, -0.05) is 0 Å². The van der Waals surface area contributed by atoms with Crippen LogP contribution in [0.15, 0.2) is 23.4 Å². The number of hydrogen-bond donors (Lipinski definition) is 0. The maximum atomic E-state index is 13.2. The normalized spacial score (nSPS) is 20.2. The number of piperidine rings is 1. The van der Waals surface area contributed by atoms with Gasteiger partial charge in [-0.25, -0.2) is 12.8 Å². The van der Waals surface area contributed by atoms with Crippen molar-refractivity contribution < 1.29 is 22.3 Å². The molecule has 21 heavy (non-hydrogen) atoms. The molecule has 1 aliphatic heterocycles. The Bertz CT molecular complexity index is 620. The number of esters is 1. The van der Waals surface area contributed by atoms with Crippen LogP contribution in [0.25, 0.3) is 0 Å². The quantitative estimate of drug-likeness (QED) is 0.780. The molecule has 0 spiro atoms. The summed E-state index contributed by atoms with van der Waals surface area (Å²) in [5.74, 6) is -1.58. The monoisotopic (exact) mass is 316 g/mol. The van der Waals surface area contributed by atoms with Crippen LogP contribution in [-0.2, 0) is 19.6 Å². The molecule has 8 heteroatoms. The van der Waals surface area contributed by atoms with E-state index in [1.807, 2.05) is 0 Å². The Balaban J connectivity index is 2.18. The first-order valence-electron chi connectivity index (χ1n) is 6.72. The summed E-state index contributed by atoms with van der Waals surface area (Å²) >= 11 is 0. The fraction of sp³-hybridized carbons (Fsp3) is 0.538. The van der Waals surface area contributed by atoms with Crippen LogP contribution in [-0.4, -0.2) is 43.4 Å². The highest BCUT2D eigenvalue weighted by molar-refractivity contribution is 7.89. The zero-order valence-electron chi connectivity index (χ0n) is 11.7. The summed E-state index contributed by atoms with van der Waals surface area (Å²) in [5.41, 5.74) is 0. The van der Waals surface area contributed by atoms with Gasteiger partial charge in [0.05, 0.1) is 18.7 Å². The highest BCUT2D eigenvalue weighted by Crippen LogP contribution is 2.24. The second-order valence-corrected chi connectivity index (χ2v) is 6.73. The van der Waals surface area contributed by atoms with Gasteiger partial charge in [-0.15, -0.1) is 0 Å². The van der Waals surface area contributed by atoms with Crippen molar-refractivity contribution in [1.29, 1.82) is 0 Å². The molecule has 1 fully saturated rings. The Morgan fingerprint density at radius 2 is 2.29 bits per heavy atom. The number of aromatic nitrogens is 1. The van der Waals surface area contributed by atoms with Crippen molar-refractivity contribution in [3.05, 3.63) is 24.3 Å². The third-order valence-corrected chi connectivity index (χ3v) is 5.15. The van der Waals surface area contributed by atoms with Gasteiger partial charge in [0.25, 0.3) is 0 Å². The summed E-state index contributed by atoms with van der Waals surface area (Å²) < 4.78 is 44.1. The van der Waals surface area contributed by atoms with E-state index in [1.54, 1.807) is 6.92 Å². The molecule has 1 aliphatic rings. The Morgan fingerprint density at radius 3 is 2.95 bits per heavy atom. The highest BCUT2D eigenvalue weighted by atomic mass is 32.2. The Morgan fingerprint density at radius 1 is 1.52 bits per heavy atom. The van der Waals surface area contributed by atoms with Crippen LogP contribution in [0.1, 0.15) is 19.8 Å². The number of carbonyl (C=O) groups excluding carboxylic acids is 1. The Hall–Kier alpha value is -1.54. The van der Waals surface area contributed by atoms with Crippen molar-refractivity contribution in [2.24, 2.45) is 5.92 Å². The van der Waals surface area contributed by atoms with Crippen LogP contribution in [0.3, 0.4) is 0 Å². The van der Waals surface area contributed by atoms with Gasteiger partial charge in [0.15, 0.2) is 0 Å². The number of pyridine rings is 1. The maximum absolute atomic E-state index is 13.2. The summed E-state index contributed by atoms with van der Waals surface area (Å²) in [7, 11) is -3.84. The van der Waals surface area contributed by atoms with Crippen molar-refractivity contribution in [3.8, 4) is 0 Å². The molecule has 0 amide bonds. The van der Waals surface area contributed by atoms with Gasteiger partial charge >= 0.3 is 5.97 Å². The summed E-state index contributed by atoms with van der Waals surface area (Å²) in [4.78, 5) is 15.1. The molecule has 1 unspecified atom stereocenters. The Labute approximate surface area is 123 Å². The maximum Gasteiger partial charge on any atom is 0.310 e. The van der Waals surface area contributed by atoms with Crippen LogP contribution in [0.4, 0.5) is 4.39 Å². The number of sulfonamides is 1. The number of hydrogen-bond acceptors (Lipinski definition) is 5. The van der Waals surface area contributed by atoms with Crippen molar-refractivity contribution in [3.63, 3.8) is 0 Å². The van der Waals surface area contributed by atoms with Crippen LogP contribution in [0, 0.1) is 11.7 Å². The van der Waals surface area contributed by atoms with Crippen molar-refractivity contribution >= 4 is 16.0 Å². The van der Waals surface area contributed by atoms with Crippen LogP contribution >= 0.6 is 0 Å². The number of rotatable bonds is 4. The molecule has 0 aliphatic carbocycles. The van der Waals surface area contributed by atoms with Crippen LogP contribution in [0.2, 0.25) is 0 Å². The molecule has 1 aromatic rings. The topological polar surface area (TPSA) is 76.6 Å². The minimum atomic E-state index is -3.84. The predicted molar refractivity (Wildman–Crippen MR) is 72.3 cm³/mol. The van der Waals surface area contributed by atoms with E-state index in [0.29, 0.717) is 19.4 Å². The molecule has 2 heterocycles.